The molecule has 6 heterocycles. The number of nitrogen functional groups attached to an aromatic ring is 1. The van der Waals surface area contributed by atoms with E-state index in [-0.39, 0.29) is 5.69 Å². The quantitative estimate of drug-likeness (QED) is 0.0794. The number of anilines is 1. The van der Waals surface area contributed by atoms with Gasteiger partial charge in [-0.15, -0.1) is 0 Å². The number of aromatic nitrogens is 4. The molecule has 4 aromatic heterocycles. The van der Waals surface area contributed by atoms with Crippen LogP contribution in [0, 0.1) is 10.1 Å². The van der Waals surface area contributed by atoms with Gasteiger partial charge in [-0.1, -0.05) is 34.8 Å². The van der Waals surface area contributed by atoms with Crippen LogP contribution in [0.4, 0.5) is 11.4 Å². The average Bonchev–Trinajstić information content (AvgIpc) is 4.02. The summed E-state index contributed by atoms with van der Waals surface area (Å²) >= 11 is 3.27. The Labute approximate surface area is 341 Å². The largest absolute Gasteiger partial charge is 0.492 e. The van der Waals surface area contributed by atoms with Crippen LogP contribution in [0.2, 0.25) is 0 Å². The number of ether oxygens (including phenoxy) is 4. The fourth-order valence-corrected chi connectivity index (χ4v) is 9.14. The van der Waals surface area contributed by atoms with E-state index in [4.69, 9.17) is 34.6 Å². The van der Waals surface area contributed by atoms with Crippen molar-refractivity contribution in [3.05, 3.63) is 107 Å². The third-order valence-electron chi connectivity index (χ3n) is 10.3. The lowest BCUT2D eigenvalue weighted by Crippen LogP contribution is -2.38. The second kappa shape index (κ2) is 17.1. The van der Waals surface area contributed by atoms with Crippen molar-refractivity contribution in [3.8, 4) is 34.0 Å². The smallest absolute Gasteiger partial charge is 0.269 e. The van der Waals surface area contributed by atoms with Crippen molar-refractivity contribution in [1.29, 1.82) is 0 Å². The summed E-state index contributed by atoms with van der Waals surface area (Å²) in [5.74, 6) is 1.76. The first kappa shape index (κ1) is 37.9. The molecule has 0 atom stereocenters. The summed E-state index contributed by atoms with van der Waals surface area (Å²) in [7, 11) is 0. The Morgan fingerprint density at radius 1 is 0.655 bits per heavy atom. The van der Waals surface area contributed by atoms with Gasteiger partial charge >= 0.3 is 0 Å². The summed E-state index contributed by atoms with van der Waals surface area (Å²) < 4.78 is 29.2. The first-order valence-corrected chi connectivity index (χ1v) is 20.9. The molecule has 2 aliphatic rings. The molecule has 0 unspecified atom stereocenters. The van der Waals surface area contributed by atoms with Crippen molar-refractivity contribution in [2.24, 2.45) is 0 Å². The molecule has 0 aliphatic carbocycles. The molecule has 58 heavy (non-hydrogen) atoms. The fourth-order valence-electron chi connectivity index (χ4n) is 7.06. The number of morpholine rings is 2. The number of nitrogens with two attached hydrogens (primary N) is 1. The first-order chi connectivity index (χ1) is 28.4. The van der Waals surface area contributed by atoms with E-state index >= 15 is 0 Å². The molecule has 0 amide bonds. The molecule has 0 bridgehead atoms. The van der Waals surface area contributed by atoms with E-state index in [1.54, 1.807) is 34.8 Å². The molecule has 2 saturated heterocycles. The molecule has 10 rings (SSSR count). The third kappa shape index (κ3) is 8.48. The summed E-state index contributed by atoms with van der Waals surface area (Å²) in [6.07, 6.45) is 4.05. The number of nitro benzene ring substituents is 1. The highest BCUT2D eigenvalue weighted by molar-refractivity contribution is 7.24. The van der Waals surface area contributed by atoms with Crippen LogP contribution in [0.25, 0.3) is 52.9 Å². The summed E-state index contributed by atoms with van der Waals surface area (Å²) in [5, 5.41) is 10.8. The van der Waals surface area contributed by atoms with Crippen molar-refractivity contribution in [3.63, 3.8) is 0 Å². The second-order valence-electron chi connectivity index (χ2n) is 14.1. The molecule has 0 saturated carbocycles. The van der Waals surface area contributed by atoms with E-state index in [9.17, 15) is 10.1 Å². The van der Waals surface area contributed by atoms with E-state index in [2.05, 4.69) is 38.6 Å². The van der Waals surface area contributed by atoms with Gasteiger partial charge in [-0.25, -0.2) is 9.97 Å². The third-order valence-corrected chi connectivity index (χ3v) is 12.3. The van der Waals surface area contributed by atoms with Crippen LogP contribution >= 0.6 is 22.7 Å². The Hall–Kier alpha value is -5.62. The van der Waals surface area contributed by atoms with E-state index in [0.29, 0.717) is 13.2 Å². The monoisotopic (exact) mass is 818 g/mol. The van der Waals surface area contributed by atoms with Gasteiger partial charge in [0.25, 0.3) is 5.69 Å². The van der Waals surface area contributed by atoms with Crippen LogP contribution in [0.1, 0.15) is 0 Å². The molecule has 2 aliphatic heterocycles. The van der Waals surface area contributed by atoms with Crippen molar-refractivity contribution >= 4 is 64.4 Å². The molecular weight excluding hydrogens is 777 g/mol. The number of hydrogen-bond donors (Lipinski definition) is 1. The molecule has 2 N–H and O–H groups in total. The number of hydrogen-bond acceptors (Lipinski definition) is 13. The van der Waals surface area contributed by atoms with Gasteiger partial charge in [0.1, 0.15) is 24.7 Å². The lowest BCUT2D eigenvalue weighted by molar-refractivity contribution is -0.384. The van der Waals surface area contributed by atoms with Crippen LogP contribution in [0.5, 0.6) is 11.5 Å². The predicted octanol–water partition coefficient (Wildman–Crippen LogP) is 7.34. The Morgan fingerprint density at radius 2 is 1.10 bits per heavy atom. The predicted molar refractivity (Wildman–Crippen MR) is 229 cm³/mol. The first-order valence-electron chi connectivity index (χ1n) is 19.2. The highest BCUT2D eigenvalue weighted by atomic mass is 32.1. The molecule has 298 valence electrons. The van der Waals surface area contributed by atoms with Crippen LogP contribution in [-0.4, -0.2) is 112 Å². The minimum absolute atomic E-state index is 0.0753. The summed E-state index contributed by atoms with van der Waals surface area (Å²) in [5.41, 5.74) is 12.5. The molecule has 16 heteroatoms. The number of imidazole rings is 2. The van der Waals surface area contributed by atoms with Crippen molar-refractivity contribution in [2.45, 2.75) is 0 Å². The highest BCUT2D eigenvalue weighted by Gasteiger charge is 2.15. The minimum atomic E-state index is -0.399. The van der Waals surface area contributed by atoms with Crippen molar-refractivity contribution < 1.29 is 23.9 Å². The molecule has 0 spiro atoms. The van der Waals surface area contributed by atoms with Crippen LogP contribution in [0.3, 0.4) is 0 Å². The molecular formula is C42H42N8O6S2. The number of nitro groups is 1. The Morgan fingerprint density at radius 3 is 1.55 bits per heavy atom. The minimum Gasteiger partial charge on any atom is -0.492 e. The molecule has 14 nitrogen and oxygen atoms in total. The maximum atomic E-state index is 10.8. The lowest BCUT2D eigenvalue weighted by Gasteiger charge is -2.26. The summed E-state index contributed by atoms with van der Waals surface area (Å²) in [4.78, 5) is 26.5. The molecule has 4 aromatic carbocycles. The van der Waals surface area contributed by atoms with Gasteiger partial charge in [0.05, 0.1) is 63.2 Å². The number of thiazole rings is 2. The summed E-state index contributed by atoms with van der Waals surface area (Å²) in [6.45, 7) is 10.3. The fraction of sp³-hybridized carbons (Fsp3) is 0.286. The van der Waals surface area contributed by atoms with Gasteiger partial charge in [-0.2, -0.15) is 0 Å². The lowest BCUT2D eigenvalue weighted by atomic mass is 10.1. The van der Waals surface area contributed by atoms with Crippen molar-refractivity contribution in [2.75, 3.05) is 84.6 Å². The maximum absolute atomic E-state index is 10.8. The Bertz CT molecular complexity index is 2660. The van der Waals surface area contributed by atoms with Crippen LogP contribution in [-0.2, 0) is 9.47 Å². The number of non-ortho nitro benzene ring substituents is 1. The maximum Gasteiger partial charge on any atom is 0.269 e. The van der Waals surface area contributed by atoms with E-state index in [1.807, 2.05) is 53.1 Å². The number of fused-ring (bicyclic) bond motifs is 6. The number of rotatable bonds is 11. The van der Waals surface area contributed by atoms with E-state index in [1.165, 1.54) is 16.8 Å². The van der Waals surface area contributed by atoms with Gasteiger partial charge in [0.15, 0.2) is 9.92 Å². The van der Waals surface area contributed by atoms with Gasteiger partial charge in [-0.3, -0.25) is 28.7 Å². The second-order valence-corrected chi connectivity index (χ2v) is 16.1. The molecule has 0 radical (unpaired) electrons. The zero-order chi connectivity index (χ0) is 39.4. The Balaban J connectivity index is 0.000000151. The van der Waals surface area contributed by atoms with E-state index < -0.39 is 4.92 Å². The average molecular weight is 819 g/mol. The highest BCUT2D eigenvalue weighted by Crippen LogP contribution is 2.34. The number of benzene rings is 4. The van der Waals surface area contributed by atoms with Gasteiger partial charge in [0.2, 0.25) is 0 Å². The normalized spacial score (nSPS) is 15.2. The van der Waals surface area contributed by atoms with Crippen LogP contribution in [0.15, 0.2) is 97.3 Å². The molecule has 8 aromatic rings. The van der Waals surface area contributed by atoms with Gasteiger partial charge in [0, 0.05) is 80.6 Å². The van der Waals surface area contributed by atoms with Crippen LogP contribution < -0.4 is 15.2 Å². The topological polar surface area (TPSA) is 147 Å². The SMILES string of the molecule is Nc1ccc(-c2cn3c(n2)sc2cc(OCCN4CCOCC4)ccc23)cc1.O=[N+]([O-])c1ccc(-c2cn3c(n2)sc2cc(OCCN4CCOCC4)ccc23)cc1. The van der Waals surface area contributed by atoms with Gasteiger partial charge in [-0.05, 0) is 60.7 Å². The zero-order valence-electron chi connectivity index (χ0n) is 31.7. The zero-order valence-corrected chi connectivity index (χ0v) is 33.3. The van der Waals surface area contributed by atoms with E-state index in [0.717, 1.165) is 131 Å². The van der Waals surface area contributed by atoms with Crippen molar-refractivity contribution in [1.82, 2.24) is 28.6 Å². The Kier molecular flexibility index (Phi) is 11.2. The standard InChI is InChI=1S/C21H20N4O4S.C21H22N4O2S/c26-25(27)16-3-1-15(2-4-16)18-14-24-19-6-5-17(13-20(19)30-21(24)22-18)29-12-9-23-7-10-28-11-8-23;22-16-3-1-15(2-4-16)18-14-25-19-6-5-17(13-20(19)28-21(25)23-18)27-12-9-24-7-10-26-11-8-24/h1-6,13-14H,7-12H2;1-6,13-14H,7-12,22H2. The number of nitrogens with zero attached hydrogens (tertiary/aromatic N) is 7. The van der Waals surface area contributed by atoms with Gasteiger partial charge < -0.3 is 24.7 Å². The summed E-state index contributed by atoms with van der Waals surface area (Å²) in [6, 6.07) is 26.6. The molecule has 2 fully saturated rings.